The molecule has 0 aliphatic rings. The summed E-state index contributed by atoms with van der Waals surface area (Å²) < 4.78 is 0. The first-order valence-electron chi connectivity index (χ1n) is 5.21. The predicted octanol–water partition coefficient (Wildman–Crippen LogP) is 1.24. The summed E-state index contributed by atoms with van der Waals surface area (Å²) in [7, 11) is 0. The molecule has 1 heterocycles. The average molecular weight is 287 g/mol. The molecule has 0 aliphatic carbocycles. The van der Waals surface area contributed by atoms with Gasteiger partial charge in [-0.25, -0.2) is 0 Å². The molecule has 104 valence electrons. The molecule has 0 fully saturated rings. The maximum absolute atomic E-state index is 10.6. The van der Waals surface area contributed by atoms with Crippen LogP contribution in [-0.2, 0) is 16.0 Å². The van der Waals surface area contributed by atoms with Crippen molar-refractivity contribution < 1.29 is 19.8 Å². The third kappa shape index (κ3) is 4.61. The van der Waals surface area contributed by atoms with Crippen LogP contribution in [0.2, 0.25) is 0 Å². The zero-order valence-corrected chi connectivity index (χ0v) is 10.8. The summed E-state index contributed by atoms with van der Waals surface area (Å²) in [6.07, 6.45) is 2.16. The van der Waals surface area contributed by atoms with E-state index in [1.807, 2.05) is 30.5 Å². The first-order valence-corrected chi connectivity index (χ1v) is 5.21. The predicted molar refractivity (Wildman–Crippen MR) is 73.6 cm³/mol. The van der Waals surface area contributed by atoms with Gasteiger partial charge in [0, 0.05) is 23.5 Å². The minimum Gasteiger partial charge on any atom is -0.483 e. The number of carbonyl (C=O) groups is 2. The van der Waals surface area contributed by atoms with Crippen molar-refractivity contribution >= 4 is 35.8 Å². The SMILES string of the molecule is Cl.N[C@H](Cc1c[nH]c2ccccc12)C(=O)O.O=CO. The highest BCUT2D eigenvalue weighted by atomic mass is 35.5. The fourth-order valence-corrected chi connectivity index (χ4v) is 1.62. The van der Waals surface area contributed by atoms with Gasteiger partial charge in [-0.3, -0.25) is 9.59 Å². The van der Waals surface area contributed by atoms with Gasteiger partial charge in [-0.1, -0.05) is 18.2 Å². The Morgan fingerprint density at radius 1 is 1.42 bits per heavy atom. The molecule has 0 aliphatic heterocycles. The number of benzene rings is 1. The highest BCUT2D eigenvalue weighted by molar-refractivity contribution is 5.85. The van der Waals surface area contributed by atoms with E-state index in [0.717, 1.165) is 16.5 Å². The van der Waals surface area contributed by atoms with E-state index in [0.29, 0.717) is 6.42 Å². The van der Waals surface area contributed by atoms with Gasteiger partial charge in [0.15, 0.2) is 0 Å². The molecule has 7 heteroatoms. The number of H-pyrrole nitrogens is 1. The number of halogens is 1. The molecule has 0 spiro atoms. The third-order valence-electron chi connectivity index (χ3n) is 2.43. The van der Waals surface area contributed by atoms with Crippen LogP contribution in [0.3, 0.4) is 0 Å². The maximum atomic E-state index is 10.6. The highest BCUT2D eigenvalue weighted by Gasteiger charge is 2.14. The Morgan fingerprint density at radius 3 is 2.58 bits per heavy atom. The molecule has 0 unspecified atom stereocenters. The van der Waals surface area contributed by atoms with Gasteiger partial charge >= 0.3 is 5.97 Å². The smallest absolute Gasteiger partial charge is 0.320 e. The van der Waals surface area contributed by atoms with Crippen molar-refractivity contribution in [3.63, 3.8) is 0 Å². The van der Waals surface area contributed by atoms with Gasteiger partial charge in [0.05, 0.1) is 0 Å². The number of hydrogen-bond donors (Lipinski definition) is 4. The minimum atomic E-state index is -0.972. The molecule has 0 amide bonds. The van der Waals surface area contributed by atoms with E-state index in [1.165, 1.54) is 0 Å². The Balaban J connectivity index is 0.000000742. The summed E-state index contributed by atoms with van der Waals surface area (Å²) in [4.78, 5) is 22.1. The lowest BCUT2D eigenvalue weighted by Crippen LogP contribution is -2.32. The lowest BCUT2D eigenvalue weighted by Gasteiger charge is -2.04. The molecule has 1 atom stereocenters. The van der Waals surface area contributed by atoms with E-state index >= 15 is 0 Å². The van der Waals surface area contributed by atoms with E-state index in [1.54, 1.807) is 0 Å². The van der Waals surface area contributed by atoms with Crippen LogP contribution >= 0.6 is 12.4 Å². The molecule has 2 rings (SSSR count). The van der Waals surface area contributed by atoms with Gasteiger partial charge in [0.2, 0.25) is 0 Å². The van der Waals surface area contributed by atoms with Crippen molar-refractivity contribution in [1.82, 2.24) is 4.98 Å². The normalized spacial score (nSPS) is 10.8. The zero-order chi connectivity index (χ0) is 13.5. The molecule has 0 radical (unpaired) electrons. The summed E-state index contributed by atoms with van der Waals surface area (Å²) in [6, 6.07) is 6.91. The molecule has 2 aromatic rings. The molecule has 1 aromatic carbocycles. The van der Waals surface area contributed by atoms with Crippen molar-refractivity contribution in [3.05, 3.63) is 36.0 Å². The zero-order valence-electron chi connectivity index (χ0n) is 9.95. The van der Waals surface area contributed by atoms with Crippen LogP contribution in [0, 0.1) is 0 Å². The Kier molecular flexibility index (Phi) is 7.25. The van der Waals surface area contributed by atoms with Gasteiger partial charge in [-0.2, -0.15) is 0 Å². The van der Waals surface area contributed by atoms with Gasteiger partial charge in [-0.15, -0.1) is 12.4 Å². The Hall–Kier alpha value is -2.05. The van der Waals surface area contributed by atoms with Crippen LogP contribution in [0.15, 0.2) is 30.5 Å². The van der Waals surface area contributed by atoms with Crippen LogP contribution in [0.4, 0.5) is 0 Å². The van der Waals surface area contributed by atoms with Crippen LogP contribution in [0.5, 0.6) is 0 Å². The number of nitrogens with one attached hydrogen (secondary N) is 1. The maximum Gasteiger partial charge on any atom is 0.320 e. The molecule has 19 heavy (non-hydrogen) atoms. The highest BCUT2D eigenvalue weighted by Crippen LogP contribution is 2.18. The number of aliphatic carboxylic acids is 1. The van der Waals surface area contributed by atoms with Gasteiger partial charge < -0.3 is 20.9 Å². The third-order valence-corrected chi connectivity index (χ3v) is 2.43. The first kappa shape index (κ1) is 16.9. The Morgan fingerprint density at radius 2 is 2.00 bits per heavy atom. The summed E-state index contributed by atoms with van der Waals surface area (Å²) in [6.45, 7) is -0.250. The van der Waals surface area contributed by atoms with Gasteiger partial charge in [0.1, 0.15) is 6.04 Å². The second-order valence-corrected chi connectivity index (χ2v) is 3.61. The molecular formula is C12H15ClN2O4. The van der Waals surface area contributed by atoms with Crippen molar-refractivity contribution in [1.29, 1.82) is 0 Å². The fourth-order valence-electron chi connectivity index (χ4n) is 1.62. The van der Waals surface area contributed by atoms with Gasteiger partial charge in [-0.05, 0) is 11.6 Å². The number of para-hydroxylation sites is 1. The lowest BCUT2D eigenvalue weighted by molar-refractivity contribution is -0.138. The molecule has 6 nitrogen and oxygen atoms in total. The summed E-state index contributed by atoms with van der Waals surface area (Å²) in [5, 5.41) is 16.6. The number of nitrogens with two attached hydrogens (primary N) is 1. The quantitative estimate of drug-likeness (QED) is 0.634. The number of carboxylic acids is 1. The largest absolute Gasteiger partial charge is 0.483 e. The number of aromatic amines is 1. The Bertz CT molecular complexity index is 541. The average Bonchev–Trinajstić information content (AvgIpc) is 2.74. The van der Waals surface area contributed by atoms with Crippen molar-refractivity contribution in [2.45, 2.75) is 12.5 Å². The van der Waals surface area contributed by atoms with Crippen LogP contribution in [0.25, 0.3) is 10.9 Å². The second kappa shape index (κ2) is 8.12. The first-order chi connectivity index (χ1) is 8.60. The van der Waals surface area contributed by atoms with Crippen molar-refractivity contribution in [2.24, 2.45) is 5.73 Å². The number of hydrogen-bond acceptors (Lipinski definition) is 3. The van der Waals surface area contributed by atoms with E-state index in [4.69, 9.17) is 20.7 Å². The topological polar surface area (TPSA) is 116 Å². The summed E-state index contributed by atoms with van der Waals surface area (Å²) in [5.41, 5.74) is 7.43. The van der Waals surface area contributed by atoms with Gasteiger partial charge in [0.25, 0.3) is 6.47 Å². The standard InChI is InChI=1S/C11H12N2O2.CH2O2.ClH/c12-9(11(14)15)5-7-6-13-10-4-2-1-3-8(7)10;2-1-3;/h1-4,6,9,13H,5,12H2,(H,14,15);1H,(H,2,3);1H/t9-;;/m1../s1. The van der Waals surface area contributed by atoms with E-state index in [9.17, 15) is 4.79 Å². The Labute approximate surface area is 115 Å². The van der Waals surface area contributed by atoms with E-state index in [2.05, 4.69) is 4.98 Å². The number of carboxylic acid groups (broad SMARTS) is 2. The lowest BCUT2D eigenvalue weighted by atomic mass is 10.1. The molecular weight excluding hydrogens is 272 g/mol. The van der Waals surface area contributed by atoms with Crippen LogP contribution in [-0.4, -0.2) is 33.7 Å². The molecule has 5 N–H and O–H groups in total. The van der Waals surface area contributed by atoms with Crippen LogP contribution < -0.4 is 5.73 Å². The van der Waals surface area contributed by atoms with Crippen LogP contribution in [0.1, 0.15) is 5.56 Å². The molecule has 0 bridgehead atoms. The van der Waals surface area contributed by atoms with E-state index in [-0.39, 0.29) is 18.9 Å². The summed E-state index contributed by atoms with van der Waals surface area (Å²) in [5.74, 6) is -0.972. The van der Waals surface area contributed by atoms with Crippen molar-refractivity contribution in [2.75, 3.05) is 0 Å². The van der Waals surface area contributed by atoms with Crippen molar-refractivity contribution in [3.8, 4) is 0 Å². The second-order valence-electron chi connectivity index (χ2n) is 3.61. The molecule has 1 aromatic heterocycles. The number of aromatic nitrogens is 1. The molecule has 0 saturated carbocycles. The monoisotopic (exact) mass is 286 g/mol. The fraction of sp³-hybridized carbons (Fsp3) is 0.167. The van der Waals surface area contributed by atoms with E-state index < -0.39 is 12.0 Å². The summed E-state index contributed by atoms with van der Waals surface area (Å²) >= 11 is 0. The minimum absolute atomic E-state index is 0. The number of fused-ring (bicyclic) bond motifs is 1. The molecule has 0 saturated heterocycles. The number of rotatable bonds is 3.